The number of nitrogens with one attached hydrogen (secondary N) is 1. The van der Waals surface area contributed by atoms with Gasteiger partial charge in [0.1, 0.15) is 5.54 Å². The Balaban J connectivity index is 1.90. The first-order valence-corrected chi connectivity index (χ1v) is 7.38. The lowest BCUT2D eigenvalue weighted by molar-refractivity contribution is -0.147. The van der Waals surface area contributed by atoms with Gasteiger partial charge in [0.05, 0.1) is 6.10 Å². The Hall–Kier alpha value is -0.650. The summed E-state index contributed by atoms with van der Waals surface area (Å²) in [5.74, 6) is -0.413. The summed E-state index contributed by atoms with van der Waals surface area (Å²) in [6, 6.07) is 0. The summed E-state index contributed by atoms with van der Waals surface area (Å²) in [7, 11) is 1.78. The van der Waals surface area contributed by atoms with Crippen LogP contribution >= 0.6 is 0 Å². The summed E-state index contributed by atoms with van der Waals surface area (Å²) in [6.45, 7) is 5.28. The van der Waals surface area contributed by atoms with Crippen LogP contribution < -0.4 is 5.32 Å². The molecule has 5 heteroatoms. The van der Waals surface area contributed by atoms with Crippen LogP contribution in [0.4, 0.5) is 0 Å². The second-order valence-electron chi connectivity index (χ2n) is 5.73. The Kier molecular flexibility index (Phi) is 4.81. The summed E-state index contributed by atoms with van der Waals surface area (Å²) >= 11 is 0. The molecule has 1 atom stereocenters. The number of rotatable bonds is 7. The number of hydrogen-bond acceptors (Lipinski definition) is 4. The predicted molar refractivity (Wildman–Crippen MR) is 73.2 cm³/mol. The highest BCUT2D eigenvalue weighted by Crippen LogP contribution is 2.40. The Morgan fingerprint density at radius 2 is 2.00 bits per heavy atom. The number of likely N-dealkylation sites (N-methyl/N-ethyl adjacent to an activating group) is 1. The molecule has 1 saturated carbocycles. The van der Waals surface area contributed by atoms with Gasteiger partial charge in [-0.1, -0.05) is 0 Å². The topological polar surface area (TPSA) is 61.8 Å². The van der Waals surface area contributed by atoms with Crippen molar-refractivity contribution in [3.8, 4) is 0 Å². The first-order valence-electron chi connectivity index (χ1n) is 7.38. The average Bonchev–Trinajstić information content (AvgIpc) is 3.22. The lowest BCUT2D eigenvalue weighted by atomic mass is 9.91. The molecular formula is C14H26N2O3. The van der Waals surface area contributed by atoms with E-state index in [0.717, 1.165) is 45.4 Å². The number of ether oxygens (including phenoxy) is 1. The number of aliphatic carboxylic acids is 1. The van der Waals surface area contributed by atoms with Crippen LogP contribution in [0.15, 0.2) is 0 Å². The maximum Gasteiger partial charge on any atom is 0.325 e. The fourth-order valence-electron chi connectivity index (χ4n) is 3.16. The Morgan fingerprint density at radius 3 is 2.42 bits per heavy atom. The molecule has 2 aliphatic rings. The quantitative estimate of drug-likeness (QED) is 0.721. The Morgan fingerprint density at radius 1 is 1.37 bits per heavy atom. The zero-order valence-electron chi connectivity index (χ0n) is 12.0. The summed E-state index contributed by atoms with van der Waals surface area (Å²) in [5, 5.41) is 12.7. The minimum atomic E-state index is -0.752. The number of carbonyl (C=O) groups is 1. The number of hydrogen-bond donors (Lipinski definition) is 2. The van der Waals surface area contributed by atoms with E-state index in [0.29, 0.717) is 18.6 Å². The fourth-order valence-corrected chi connectivity index (χ4v) is 3.16. The molecule has 0 aromatic rings. The van der Waals surface area contributed by atoms with Crippen LogP contribution in [0.3, 0.4) is 0 Å². The monoisotopic (exact) mass is 270 g/mol. The molecule has 0 radical (unpaired) electrons. The maximum absolute atomic E-state index is 11.7. The lowest BCUT2D eigenvalue weighted by Gasteiger charge is -2.38. The van der Waals surface area contributed by atoms with Gasteiger partial charge in [0.15, 0.2) is 0 Å². The fraction of sp³-hybridized carbons (Fsp3) is 0.929. The summed E-state index contributed by atoms with van der Waals surface area (Å²) < 4.78 is 5.64. The van der Waals surface area contributed by atoms with E-state index in [1.807, 2.05) is 6.92 Å². The number of piperidine rings is 1. The van der Waals surface area contributed by atoms with Crippen molar-refractivity contribution in [2.75, 3.05) is 33.3 Å². The van der Waals surface area contributed by atoms with Crippen molar-refractivity contribution >= 4 is 5.97 Å². The van der Waals surface area contributed by atoms with Gasteiger partial charge < -0.3 is 20.1 Å². The summed E-state index contributed by atoms with van der Waals surface area (Å²) in [4.78, 5) is 13.9. The molecule has 1 saturated heterocycles. The predicted octanol–water partition coefficient (Wildman–Crippen LogP) is 0.940. The van der Waals surface area contributed by atoms with Crippen molar-refractivity contribution in [1.82, 2.24) is 10.2 Å². The molecule has 0 aromatic carbocycles. The molecule has 0 spiro atoms. The van der Waals surface area contributed by atoms with Crippen molar-refractivity contribution in [2.24, 2.45) is 5.92 Å². The van der Waals surface area contributed by atoms with Crippen LogP contribution in [0.1, 0.15) is 32.6 Å². The second kappa shape index (κ2) is 6.20. The average molecular weight is 270 g/mol. The van der Waals surface area contributed by atoms with Crippen LogP contribution in [-0.4, -0.2) is 60.9 Å². The summed E-state index contributed by atoms with van der Waals surface area (Å²) in [6.07, 6.45) is 4.44. The van der Waals surface area contributed by atoms with Gasteiger partial charge >= 0.3 is 5.97 Å². The molecule has 110 valence electrons. The molecular weight excluding hydrogens is 244 g/mol. The highest BCUT2D eigenvalue weighted by molar-refractivity contribution is 5.80. The molecule has 1 heterocycles. The number of nitrogens with zero attached hydrogens (tertiary/aromatic N) is 1. The minimum absolute atomic E-state index is 0.291. The summed E-state index contributed by atoms with van der Waals surface area (Å²) in [5.41, 5.74) is -0.752. The second-order valence-corrected chi connectivity index (χ2v) is 5.73. The molecule has 0 amide bonds. The third-order valence-electron chi connectivity index (χ3n) is 4.51. The van der Waals surface area contributed by atoms with E-state index in [2.05, 4.69) is 10.2 Å². The Labute approximate surface area is 115 Å². The van der Waals surface area contributed by atoms with Gasteiger partial charge in [-0.2, -0.15) is 0 Å². The molecule has 2 rings (SSSR count). The maximum atomic E-state index is 11.7. The van der Waals surface area contributed by atoms with Crippen LogP contribution in [0.5, 0.6) is 0 Å². The van der Waals surface area contributed by atoms with Gasteiger partial charge in [-0.15, -0.1) is 0 Å². The molecule has 0 bridgehead atoms. The van der Waals surface area contributed by atoms with E-state index in [1.165, 1.54) is 0 Å². The van der Waals surface area contributed by atoms with Crippen molar-refractivity contribution in [1.29, 1.82) is 0 Å². The zero-order valence-corrected chi connectivity index (χ0v) is 12.0. The van der Waals surface area contributed by atoms with Gasteiger partial charge in [0, 0.05) is 26.2 Å². The third kappa shape index (κ3) is 3.27. The van der Waals surface area contributed by atoms with E-state index in [9.17, 15) is 9.90 Å². The number of likely N-dealkylation sites (tertiary alicyclic amines) is 1. The van der Waals surface area contributed by atoms with Gasteiger partial charge in [0.2, 0.25) is 0 Å². The molecule has 2 N–H and O–H groups in total. The Bertz CT molecular complexity index is 312. The largest absolute Gasteiger partial charge is 0.480 e. The molecule has 2 fully saturated rings. The first kappa shape index (κ1) is 14.8. The van der Waals surface area contributed by atoms with E-state index in [4.69, 9.17) is 4.74 Å². The minimum Gasteiger partial charge on any atom is -0.480 e. The normalized spacial score (nSPS) is 25.2. The van der Waals surface area contributed by atoms with Crippen LogP contribution in [-0.2, 0) is 9.53 Å². The lowest BCUT2D eigenvalue weighted by Crippen LogP contribution is -2.60. The number of carboxylic acids is 1. The van der Waals surface area contributed by atoms with Crippen molar-refractivity contribution in [2.45, 2.75) is 44.2 Å². The smallest absolute Gasteiger partial charge is 0.325 e. The number of carboxylic acid groups (broad SMARTS) is 1. The van der Waals surface area contributed by atoms with Gasteiger partial charge in [-0.05, 0) is 45.6 Å². The first-order chi connectivity index (χ1) is 9.12. The highest BCUT2D eigenvalue weighted by atomic mass is 16.5. The zero-order chi connectivity index (χ0) is 13.9. The molecule has 1 aliphatic heterocycles. The van der Waals surface area contributed by atoms with E-state index < -0.39 is 11.5 Å². The van der Waals surface area contributed by atoms with Crippen molar-refractivity contribution in [3.05, 3.63) is 0 Å². The van der Waals surface area contributed by atoms with Crippen LogP contribution in [0.25, 0.3) is 0 Å². The van der Waals surface area contributed by atoms with E-state index in [1.54, 1.807) is 7.05 Å². The highest BCUT2D eigenvalue weighted by Gasteiger charge is 2.51. The van der Waals surface area contributed by atoms with Crippen LogP contribution in [0, 0.1) is 5.92 Å². The van der Waals surface area contributed by atoms with Gasteiger partial charge in [-0.3, -0.25) is 4.79 Å². The molecule has 0 aromatic heterocycles. The molecule has 19 heavy (non-hydrogen) atoms. The van der Waals surface area contributed by atoms with E-state index in [-0.39, 0.29) is 0 Å². The van der Waals surface area contributed by atoms with Gasteiger partial charge in [0.25, 0.3) is 0 Å². The third-order valence-corrected chi connectivity index (χ3v) is 4.51. The molecule has 1 unspecified atom stereocenters. The van der Waals surface area contributed by atoms with Crippen molar-refractivity contribution < 1.29 is 14.6 Å². The molecule has 5 nitrogen and oxygen atoms in total. The van der Waals surface area contributed by atoms with Crippen LogP contribution in [0.2, 0.25) is 0 Å². The van der Waals surface area contributed by atoms with E-state index >= 15 is 0 Å². The van der Waals surface area contributed by atoms with Crippen molar-refractivity contribution in [3.63, 3.8) is 0 Å². The van der Waals surface area contributed by atoms with Gasteiger partial charge in [-0.25, -0.2) is 0 Å². The SMILES string of the molecule is CCOC1CCN(CC(NC)(C(=O)O)C2CC2)CC1. The standard InChI is InChI=1S/C14H26N2O3/c1-3-19-12-6-8-16(9-7-12)10-14(15-2,13(17)18)11-4-5-11/h11-12,15H,3-10H2,1-2H3,(H,17,18). The molecule has 1 aliphatic carbocycles.